The van der Waals surface area contributed by atoms with E-state index in [9.17, 15) is 14.7 Å². The largest absolute Gasteiger partial charge is 0.507 e. The average Bonchev–Trinajstić information content (AvgIpc) is 3.07. The van der Waals surface area contributed by atoms with Crippen molar-refractivity contribution >= 4 is 29.4 Å². The number of phenolic OH excluding ortho intramolecular Hbond substituents is 1. The van der Waals surface area contributed by atoms with Gasteiger partial charge in [0.15, 0.2) is 5.78 Å². The fourth-order valence-electron chi connectivity index (χ4n) is 3.12. The van der Waals surface area contributed by atoms with Crippen molar-refractivity contribution in [3.63, 3.8) is 0 Å². The zero-order valence-electron chi connectivity index (χ0n) is 15.0. The lowest BCUT2D eigenvalue weighted by molar-refractivity contribution is -0.130. The molecule has 0 aromatic heterocycles. The highest BCUT2D eigenvalue weighted by molar-refractivity contribution is 8.00. The number of benzene rings is 2. The maximum Gasteiger partial charge on any atom is 0.363 e. The number of hydrogen-bond acceptors (Lipinski definition) is 7. The van der Waals surface area contributed by atoms with Crippen LogP contribution in [-0.4, -0.2) is 35.1 Å². The second-order valence-electron chi connectivity index (χ2n) is 6.38. The molecule has 28 heavy (non-hydrogen) atoms. The fraction of sp³-hybridized carbons (Fsp3) is 0.190. The molecule has 0 fully saturated rings. The van der Waals surface area contributed by atoms with E-state index in [1.165, 1.54) is 24.9 Å². The Hall–Kier alpha value is -3.06. The number of aliphatic imine (C=N–C) groups is 1. The number of ketones is 1. The number of aromatic hydroxyl groups is 1. The second kappa shape index (κ2) is 7.52. The van der Waals surface area contributed by atoms with Crippen LogP contribution in [0.3, 0.4) is 0 Å². The fourth-order valence-corrected chi connectivity index (χ4v) is 4.43. The molecule has 2 heterocycles. The highest BCUT2D eigenvalue weighted by atomic mass is 32.2. The van der Waals surface area contributed by atoms with Crippen molar-refractivity contribution in [2.45, 2.75) is 23.0 Å². The summed E-state index contributed by atoms with van der Waals surface area (Å²) < 4.78 is 10.4. The number of methoxy groups -OCH3 is 1. The summed E-state index contributed by atoms with van der Waals surface area (Å²) in [5.41, 5.74) is 1.31. The van der Waals surface area contributed by atoms with Crippen molar-refractivity contribution in [3.05, 3.63) is 65.4 Å². The van der Waals surface area contributed by atoms with E-state index in [4.69, 9.17) is 9.47 Å². The number of fused-ring (bicyclic) bond motifs is 1. The summed E-state index contributed by atoms with van der Waals surface area (Å²) in [5.74, 6) is 0.0851. The van der Waals surface area contributed by atoms with E-state index in [1.54, 1.807) is 12.1 Å². The highest BCUT2D eigenvalue weighted by Gasteiger charge is 2.30. The Morgan fingerprint density at radius 1 is 1.29 bits per heavy atom. The normalized spacial score (nSPS) is 20.0. The van der Waals surface area contributed by atoms with Crippen molar-refractivity contribution in [3.8, 4) is 11.5 Å². The van der Waals surface area contributed by atoms with Crippen LogP contribution >= 0.6 is 11.8 Å². The lowest BCUT2D eigenvalue weighted by Gasteiger charge is -2.23. The van der Waals surface area contributed by atoms with Crippen LogP contribution in [0.15, 0.2) is 64.1 Å². The molecule has 0 saturated heterocycles. The van der Waals surface area contributed by atoms with Gasteiger partial charge in [0.25, 0.3) is 0 Å². The van der Waals surface area contributed by atoms with E-state index < -0.39 is 5.97 Å². The van der Waals surface area contributed by atoms with Crippen LogP contribution in [0.5, 0.6) is 11.5 Å². The number of carbonyl (C=O) groups is 2. The third-order valence-electron chi connectivity index (χ3n) is 4.49. The van der Waals surface area contributed by atoms with E-state index in [0.29, 0.717) is 22.6 Å². The van der Waals surface area contributed by atoms with Gasteiger partial charge in [-0.3, -0.25) is 4.79 Å². The molecular formula is C21H17NO5S. The summed E-state index contributed by atoms with van der Waals surface area (Å²) in [4.78, 5) is 29.5. The molecule has 0 spiro atoms. The van der Waals surface area contributed by atoms with E-state index >= 15 is 0 Å². The van der Waals surface area contributed by atoms with E-state index in [1.807, 2.05) is 30.3 Å². The summed E-state index contributed by atoms with van der Waals surface area (Å²) in [7, 11) is 1.51. The third kappa shape index (κ3) is 3.53. The SMILES string of the molecule is COc1cc(O)c2c(c1)SC(CC=C1N=C(c3ccccc3)OC1=O)CC2=O. The van der Waals surface area contributed by atoms with Gasteiger partial charge < -0.3 is 14.6 Å². The molecule has 2 aromatic carbocycles. The smallest absolute Gasteiger partial charge is 0.363 e. The lowest BCUT2D eigenvalue weighted by atomic mass is 10.0. The quantitative estimate of drug-likeness (QED) is 0.627. The molecule has 2 aliphatic heterocycles. The molecule has 0 radical (unpaired) electrons. The Kier molecular flexibility index (Phi) is 4.92. The number of nitrogens with zero attached hydrogens (tertiary/aromatic N) is 1. The van der Waals surface area contributed by atoms with Crippen LogP contribution in [0.4, 0.5) is 0 Å². The minimum Gasteiger partial charge on any atom is -0.507 e. The molecule has 7 heteroatoms. The maximum absolute atomic E-state index is 12.5. The number of allylic oxidation sites excluding steroid dienone is 1. The molecule has 0 bridgehead atoms. The third-order valence-corrected chi connectivity index (χ3v) is 5.76. The van der Waals surface area contributed by atoms with Crippen molar-refractivity contribution in [1.82, 2.24) is 0 Å². The van der Waals surface area contributed by atoms with Gasteiger partial charge in [-0.15, -0.1) is 11.8 Å². The number of phenols is 1. The average molecular weight is 395 g/mol. The molecular weight excluding hydrogens is 378 g/mol. The van der Waals surface area contributed by atoms with Gasteiger partial charge in [-0.2, -0.15) is 0 Å². The number of ether oxygens (including phenoxy) is 2. The second-order valence-corrected chi connectivity index (χ2v) is 7.73. The summed E-state index contributed by atoms with van der Waals surface area (Å²) in [5, 5.41) is 10.0. The van der Waals surface area contributed by atoms with Crippen LogP contribution in [0.2, 0.25) is 0 Å². The van der Waals surface area contributed by atoms with Crippen LogP contribution in [0, 0.1) is 0 Å². The van der Waals surface area contributed by atoms with E-state index in [-0.39, 0.29) is 34.8 Å². The first-order valence-electron chi connectivity index (χ1n) is 8.72. The predicted octanol–water partition coefficient (Wildman–Crippen LogP) is 3.73. The molecule has 1 unspecified atom stereocenters. The molecule has 0 amide bonds. The van der Waals surface area contributed by atoms with Crippen LogP contribution in [0.1, 0.15) is 28.8 Å². The van der Waals surface area contributed by atoms with Gasteiger partial charge in [0.2, 0.25) is 5.90 Å². The van der Waals surface area contributed by atoms with Crippen LogP contribution in [-0.2, 0) is 9.53 Å². The Morgan fingerprint density at radius 2 is 2.07 bits per heavy atom. The van der Waals surface area contributed by atoms with Gasteiger partial charge in [-0.05, 0) is 30.7 Å². The van der Waals surface area contributed by atoms with Crippen LogP contribution < -0.4 is 4.74 Å². The molecule has 142 valence electrons. The monoisotopic (exact) mass is 395 g/mol. The summed E-state index contributed by atoms with van der Waals surface area (Å²) in [6, 6.07) is 12.4. The Morgan fingerprint density at radius 3 is 2.82 bits per heavy atom. The number of esters is 1. The van der Waals surface area contributed by atoms with Crippen LogP contribution in [0.25, 0.3) is 0 Å². The number of Topliss-reactive ketones (excluding diaryl/α,β-unsaturated/α-hetero) is 1. The standard InChI is InChI=1S/C21H17NO5S/c1-26-13-9-16(23)19-17(24)11-14(28-18(19)10-13)7-8-15-21(25)27-20(22-15)12-5-3-2-4-6-12/h2-6,8-10,14,23H,7,11H2,1H3. The molecule has 2 aliphatic rings. The topological polar surface area (TPSA) is 85.2 Å². The minimum absolute atomic E-state index is 0.0669. The van der Waals surface area contributed by atoms with Gasteiger partial charge in [0.05, 0.1) is 12.7 Å². The van der Waals surface area contributed by atoms with Crippen molar-refractivity contribution in [2.75, 3.05) is 7.11 Å². The molecule has 0 saturated carbocycles. The van der Waals surface area contributed by atoms with Gasteiger partial charge in [-0.1, -0.05) is 18.2 Å². The highest BCUT2D eigenvalue weighted by Crippen LogP contribution is 2.43. The van der Waals surface area contributed by atoms with Gasteiger partial charge in [-0.25, -0.2) is 9.79 Å². The van der Waals surface area contributed by atoms with Gasteiger partial charge in [0.1, 0.15) is 17.2 Å². The molecule has 0 aliphatic carbocycles. The Balaban J connectivity index is 1.53. The first-order valence-corrected chi connectivity index (χ1v) is 9.60. The van der Waals surface area contributed by atoms with Crippen molar-refractivity contribution in [1.29, 1.82) is 0 Å². The number of cyclic esters (lactones) is 1. The molecule has 4 rings (SSSR count). The van der Waals surface area contributed by atoms with E-state index in [2.05, 4.69) is 4.99 Å². The first kappa shape index (κ1) is 18.3. The number of carbonyl (C=O) groups excluding carboxylic acids is 2. The number of hydrogen-bond donors (Lipinski definition) is 1. The number of rotatable bonds is 4. The molecule has 1 N–H and O–H groups in total. The Labute approximate surface area is 165 Å². The van der Waals surface area contributed by atoms with Crippen molar-refractivity contribution < 1.29 is 24.2 Å². The number of thioether (sulfide) groups is 1. The lowest BCUT2D eigenvalue weighted by Crippen LogP contribution is -2.17. The molecule has 2 aromatic rings. The predicted molar refractivity (Wildman–Crippen MR) is 105 cm³/mol. The molecule has 6 nitrogen and oxygen atoms in total. The summed E-state index contributed by atoms with van der Waals surface area (Å²) in [6.45, 7) is 0. The maximum atomic E-state index is 12.5. The summed E-state index contributed by atoms with van der Waals surface area (Å²) >= 11 is 1.48. The first-order chi connectivity index (χ1) is 13.5. The minimum atomic E-state index is -0.495. The zero-order chi connectivity index (χ0) is 19.7. The van der Waals surface area contributed by atoms with Gasteiger partial charge >= 0.3 is 5.97 Å². The zero-order valence-corrected chi connectivity index (χ0v) is 15.9. The van der Waals surface area contributed by atoms with Crippen molar-refractivity contribution in [2.24, 2.45) is 4.99 Å². The Bertz CT molecular complexity index is 1010. The molecule has 1 atom stereocenters. The summed E-state index contributed by atoms with van der Waals surface area (Å²) in [6.07, 6.45) is 2.45. The van der Waals surface area contributed by atoms with Gasteiger partial charge in [0, 0.05) is 28.2 Å². The van der Waals surface area contributed by atoms with E-state index in [0.717, 1.165) is 5.56 Å².